The van der Waals surface area contributed by atoms with Crippen LogP contribution in [0.3, 0.4) is 0 Å². The van der Waals surface area contributed by atoms with E-state index in [1.165, 1.54) is 24.4 Å². The van der Waals surface area contributed by atoms with Crippen LogP contribution < -0.4 is 9.91 Å². The van der Waals surface area contributed by atoms with Gasteiger partial charge in [-0.2, -0.15) is 0 Å². The molecule has 11 nitrogen and oxygen atoms in total. The van der Waals surface area contributed by atoms with Gasteiger partial charge in [0.25, 0.3) is 10.6 Å². The maximum atomic E-state index is 13.1. The Kier molecular flexibility index (Phi) is 4.34. The molecule has 11 heteroatoms. The summed E-state index contributed by atoms with van der Waals surface area (Å²) in [5.74, 6) is -0.253. The summed E-state index contributed by atoms with van der Waals surface area (Å²) in [4.78, 5) is 35.1. The Balaban J connectivity index is 1.70. The highest BCUT2D eigenvalue weighted by Crippen LogP contribution is 2.48. The van der Waals surface area contributed by atoms with Gasteiger partial charge < -0.3 is 4.42 Å². The van der Waals surface area contributed by atoms with Crippen molar-refractivity contribution in [2.75, 3.05) is 13.1 Å². The molecule has 2 aromatic carbocycles. The number of furan rings is 1. The first kappa shape index (κ1) is 19.6. The van der Waals surface area contributed by atoms with Crippen LogP contribution in [0.5, 0.6) is 0 Å². The molecule has 0 bridgehead atoms. The first-order chi connectivity index (χ1) is 15.4. The first-order valence-electron chi connectivity index (χ1n) is 9.78. The standard InChI is InChI=1S/C21H16N5O6/c27-21-22-9-10-26(21,23-12-14-5-8-19(32-14)25(30)31)20-17-11-13-3-1-2-4-15(13)16(17)6-7-18(20)24(28)29/h1-8,12H,9-11H2,(H-,22,27,30,31)/q+1/p+1. The van der Waals surface area contributed by atoms with Crippen LogP contribution in [-0.2, 0) is 6.42 Å². The van der Waals surface area contributed by atoms with Crippen LogP contribution in [0.25, 0.3) is 11.1 Å². The predicted octanol–water partition coefficient (Wildman–Crippen LogP) is 3.62. The minimum Gasteiger partial charge on any atom is -0.397 e. The third kappa shape index (κ3) is 2.87. The summed E-state index contributed by atoms with van der Waals surface area (Å²) in [6.07, 6.45) is 1.66. The minimum absolute atomic E-state index is 0.102. The lowest BCUT2D eigenvalue weighted by molar-refractivity contribution is -0.737. The molecule has 2 amide bonds. The number of urea groups is 1. The highest BCUT2D eigenvalue weighted by Gasteiger charge is 2.52. The zero-order chi connectivity index (χ0) is 22.5. The number of amides is 2. The molecule has 3 aromatic rings. The van der Waals surface area contributed by atoms with Crippen molar-refractivity contribution in [3.63, 3.8) is 0 Å². The Hall–Kier alpha value is -4.38. The quantitative estimate of drug-likeness (QED) is 0.212. The SMILES string of the molecule is O=C1NCC[N+]1(N=Cc1ccc([N+](=O)O)o1)c1c([N+](=O)[O-])ccc2c1Cc1ccccc1-2. The highest BCUT2D eigenvalue weighted by molar-refractivity contribution is 5.97. The molecule has 1 aromatic heterocycles. The fourth-order valence-corrected chi connectivity index (χ4v) is 4.35. The second-order valence-electron chi connectivity index (χ2n) is 7.47. The van der Waals surface area contributed by atoms with Gasteiger partial charge in [-0.25, -0.2) is 10.0 Å². The Morgan fingerprint density at radius 3 is 2.62 bits per heavy atom. The van der Waals surface area contributed by atoms with Crippen molar-refractivity contribution in [1.82, 2.24) is 9.91 Å². The average molecular weight is 435 g/mol. The Labute approximate surface area is 180 Å². The van der Waals surface area contributed by atoms with Crippen molar-refractivity contribution in [1.29, 1.82) is 0 Å². The van der Waals surface area contributed by atoms with Crippen molar-refractivity contribution < 1.29 is 24.3 Å². The highest BCUT2D eigenvalue weighted by atomic mass is 16.6. The molecular formula is C21H17N5O6+2. The topological polar surface area (TPSA) is 138 Å². The number of nitro benzene ring substituents is 1. The number of nitro groups is 1. The van der Waals surface area contributed by atoms with E-state index in [4.69, 9.17) is 9.62 Å². The van der Waals surface area contributed by atoms with Crippen LogP contribution in [0.4, 0.5) is 22.1 Å². The largest absolute Gasteiger partial charge is 0.480 e. The van der Waals surface area contributed by atoms with E-state index in [1.807, 2.05) is 24.3 Å². The van der Waals surface area contributed by atoms with E-state index in [2.05, 4.69) is 10.4 Å². The van der Waals surface area contributed by atoms with E-state index < -0.39 is 20.5 Å². The van der Waals surface area contributed by atoms with Crippen LogP contribution >= 0.6 is 0 Å². The van der Waals surface area contributed by atoms with Gasteiger partial charge >= 0.3 is 17.6 Å². The van der Waals surface area contributed by atoms with Crippen LogP contribution in [0.2, 0.25) is 0 Å². The minimum atomic E-state index is -0.663. The number of carbonyl (C=O) groups excluding carboxylic acids is 1. The summed E-state index contributed by atoms with van der Waals surface area (Å²) in [5, 5.41) is 28.1. The molecule has 1 fully saturated rings. The predicted molar refractivity (Wildman–Crippen MR) is 113 cm³/mol. The fourth-order valence-electron chi connectivity index (χ4n) is 4.35. The van der Waals surface area contributed by atoms with Gasteiger partial charge in [0.15, 0.2) is 5.76 Å². The molecule has 1 atom stereocenters. The van der Waals surface area contributed by atoms with Gasteiger partial charge in [0.05, 0.1) is 22.4 Å². The number of carbonyl (C=O) groups is 1. The average Bonchev–Trinajstić information content (AvgIpc) is 3.48. The molecule has 160 valence electrons. The number of rotatable bonds is 5. The third-order valence-electron chi connectivity index (χ3n) is 5.73. The number of fused-ring (bicyclic) bond motifs is 3. The molecule has 1 aliphatic heterocycles. The molecule has 1 saturated heterocycles. The van der Waals surface area contributed by atoms with Crippen molar-refractivity contribution >= 4 is 29.5 Å². The van der Waals surface area contributed by atoms with Crippen LogP contribution in [0.15, 0.2) is 58.0 Å². The van der Waals surface area contributed by atoms with Gasteiger partial charge in [-0.1, -0.05) is 34.0 Å². The van der Waals surface area contributed by atoms with Crippen molar-refractivity contribution in [3.05, 3.63) is 80.4 Å². The second kappa shape index (κ2) is 7.10. The summed E-state index contributed by atoms with van der Waals surface area (Å²) >= 11 is 0. The van der Waals surface area contributed by atoms with E-state index in [9.17, 15) is 19.8 Å². The molecule has 2 N–H and O–H groups in total. The van der Waals surface area contributed by atoms with E-state index in [-0.39, 0.29) is 36.1 Å². The van der Waals surface area contributed by atoms with Crippen LogP contribution in [0, 0.1) is 15.0 Å². The van der Waals surface area contributed by atoms with Crippen molar-refractivity contribution in [2.24, 2.45) is 5.10 Å². The number of quaternary nitrogens is 1. The lowest BCUT2D eigenvalue weighted by Gasteiger charge is -2.23. The van der Waals surface area contributed by atoms with Crippen LogP contribution in [-0.4, -0.2) is 40.4 Å². The Morgan fingerprint density at radius 2 is 1.94 bits per heavy atom. The maximum Gasteiger partial charge on any atom is 0.480 e. The van der Waals surface area contributed by atoms with Crippen molar-refractivity contribution in [3.8, 4) is 11.1 Å². The molecule has 0 spiro atoms. The smallest absolute Gasteiger partial charge is 0.397 e. The Morgan fingerprint density at radius 1 is 1.12 bits per heavy atom. The zero-order valence-electron chi connectivity index (χ0n) is 16.6. The van der Waals surface area contributed by atoms with E-state index in [0.29, 0.717) is 12.0 Å². The summed E-state index contributed by atoms with van der Waals surface area (Å²) in [5.41, 5.74) is 3.49. The van der Waals surface area contributed by atoms with Crippen molar-refractivity contribution in [2.45, 2.75) is 6.42 Å². The van der Waals surface area contributed by atoms with Crippen LogP contribution in [0.1, 0.15) is 16.9 Å². The molecule has 2 aliphatic rings. The summed E-state index contributed by atoms with van der Waals surface area (Å²) in [7, 11) is 0. The fraction of sp³-hybridized carbons (Fsp3) is 0.143. The monoisotopic (exact) mass is 435 g/mol. The summed E-state index contributed by atoms with van der Waals surface area (Å²) < 4.78 is 4.52. The molecule has 0 saturated carbocycles. The maximum absolute atomic E-state index is 13.1. The van der Waals surface area contributed by atoms with E-state index in [0.717, 1.165) is 16.7 Å². The third-order valence-corrected chi connectivity index (χ3v) is 5.73. The number of hydrogen-bond acceptors (Lipinski definition) is 6. The van der Waals surface area contributed by atoms with Gasteiger partial charge in [-0.3, -0.25) is 15.4 Å². The van der Waals surface area contributed by atoms with Gasteiger partial charge in [0, 0.05) is 18.1 Å². The van der Waals surface area contributed by atoms with Gasteiger partial charge in [-0.15, -0.1) is 0 Å². The molecule has 1 aliphatic carbocycles. The van der Waals surface area contributed by atoms with E-state index >= 15 is 0 Å². The van der Waals surface area contributed by atoms with Gasteiger partial charge in [-0.05, 0) is 28.8 Å². The summed E-state index contributed by atoms with van der Waals surface area (Å²) in [6, 6.07) is 12.9. The second-order valence-corrected chi connectivity index (χ2v) is 7.47. The number of nitrogens with zero attached hydrogens (tertiary/aromatic N) is 4. The Bertz CT molecular complexity index is 1330. The lowest BCUT2D eigenvalue weighted by atomic mass is 10.0. The van der Waals surface area contributed by atoms with Gasteiger partial charge in [0.2, 0.25) is 0 Å². The molecule has 1 unspecified atom stereocenters. The number of benzene rings is 2. The normalized spacial score (nSPS) is 19.1. The zero-order valence-corrected chi connectivity index (χ0v) is 16.6. The van der Waals surface area contributed by atoms with E-state index in [1.54, 1.807) is 6.07 Å². The molecular weight excluding hydrogens is 418 g/mol. The molecule has 0 radical (unpaired) electrons. The molecule has 5 rings (SSSR count). The summed E-state index contributed by atoms with van der Waals surface area (Å²) in [6.45, 7) is 0.433. The number of hydrogen-bond donors (Lipinski definition) is 2. The first-order valence-corrected chi connectivity index (χ1v) is 9.78. The molecule has 2 heterocycles. The lowest BCUT2D eigenvalue weighted by Crippen LogP contribution is -2.48. The van der Waals surface area contributed by atoms with Gasteiger partial charge in [0.1, 0.15) is 12.8 Å². The molecule has 32 heavy (non-hydrogen) atoms. The number of nitrogens with one attached hydrogen (secondary N) is 1.